The summed E-state index contributed by atoms with van der Waals surface area (Å²) in [6.07, 6.45) is 4.03. The average molecular weight is 253 g/mol. The number of hydrogen-bond acceptors (Lipinski definition) is 1. The van der Waals surface area contributed by atoms with Gasteiger partial charge in [0.2, 0.25) is 0 Å². The standard InChI is InChI=1S/C18H23N/c1-18(2)11-5-8-17(18)19-13-14-9-10-15-6-3-4-7-16(15)12-14/h3-4,6-7,9-10,12,17,19H,5,8,11,13H2,1-2H3. The van der Waals surface area contributed by atoms with Gasteiger partial charge in [-0.05, 0) is 40.7 Å². The van der Waals surface area contributed by atoms with Crippen molar-refractivity contribution in [2.75, 3.05) is 0 Å². The zero-order valence-corrected chi connectivity index (χ0v) is 11.9. The maximum atomic E-state index is 3.75. The normalized spacial score (nSPS) is 21.9. The highest BCUT2D eigenvalue weighted by Gasteiger charge is 2.33. The largest absolute Gasteiger partial charge is 0.309 e. The van der Waals surface area contributed by atoms with E-state index in [2.05, 4.69) is 61.6 Å². The first-order valence-corrected chi connectivity index (χ1v) is 7.36. The minimum absolute atomic E-state index is 0.455. The van der Waals surface area contributed by atoms with E-state index in [-0.39, 0.29) is 0 Å². The van der Waals surface area contributed by atoms with Crippen LogP contribution < -0.4 is 5.32 Å². The summed E-state index contributed by atoms with van der Waals surface area (Å²) >= 11 is 0. The van der Waals surface area contributed by atoms with Crippen molar-refractivity contribution in [3.63, 3.8) is 0 Å². The predicted molar refractivity (Wildman–Crippen MR) is 82.2 cm³/mol. The Labute approximate surface area is 116 Å². The van der Waals surface area contributed by atoms with E-state index in [4.69, 9.17) is 0 Å². The van der Waals surface area contributed by atoms with Crippen LogP contribution in [0, 0.1) is 5.41 Å². The summed E-state index contributed by atoms with van der Waals surface area (Å²) in [4.78, 5) is 0. The van der Waals surface area contributed by atoms with Crippen molar-refractivity contribution in [3.8, 4) is 0 Å². The molecule has 0 amide bonds. The predicted octanol–water partition coefficient (Wildman–Crippen LogP) is 4.51. The zero-order chi connectivity index (χ0) is 13.3. The lowest BCUT2D eigenvalue weighted by Crippen LogP contribution is -2.37. The Kier molecular flexibility index (Phi) is 3.32. The Morgan fingerprint density at radius 1 is 1.11 bits per heavy atom. The van der Waals surface area contributed by atoms with Crippen molar-refractivity contribution in [3.05, 3.63) is 48.0 Å². The Morgan fingerprint density at radius 2 is 1.89 bits per heavy atom. The van der Waals surface area contributed by atoms with Crippen molar-refractivity contribution in [1.29, 1.82) is 0 Å². The highest BCUT2D eigenvalue weighted by Crippen LogP contribution is 2.37. The summed E-state index contributed by atoms with van der Waals surface area (Å²) in [6, 6.07) is 16.0. The van der Waals surface area contributed by atoms with Crippen molar-refractivity contribution in [2.45, 2.75) is 45.7 Å². The van der Waals surface area contributed by atoms with E-state index in [0.717, 1.165) is 6.54 Å². The molecule has 2 aromatic rings. The molecule has 1 aliphatic rings. The molecule has 0 radical (unpaired) electrons. The molecule has 19 heavy (non-hydrogen) atoms. The molecular weight excluding hydrogens is 230 g/mol. The molecule has 1 fully saturated rings. The third kappa shape index (κ3) is 2.66. The van der Waals surface area contributed by atoms with Crippen LogP contribution in [0.15, 0.2) is 42.5 Å². The number of benzene rings is 2. The lowest BCUT2D eigenvalue weighted by molar-refractivity contribution is 0.282. The van der Waals surface area contributed by atoms with Crippen LogP contribution in [0.4, 0.5) is 0 Å². The van der Waals surface area contributed by atoms with Gasteiger partial charge in [0.15, 0.2) is 0 Å². The first kappa shape index (κ1) is 12.7. The fraction of sp³-hybridized carbons (Fsp3) is 0.444. The fourth-order valence-corrected chi connectivity index (χ4v) is 3.29. The monoisotopic (exact) mass is 253 g/mol. The molecule has 0 spiro atoms. The summed E-state index contributed by atoms with van der Waals surface area (Å²) in [7, 11) is 0. The summed E-state index contributed by atoms with van der Waals surface area (Å²) in [5.41, 5.74) is 1.85. The van der Waals surface area contributed by atoms with Gasteiger partial charge in [-0.1, -0.05) is 56.7 Å². The van der Waals surface area contributed by atoms with E-state index in [1.54, 1.807) is 0 Å². The number of nitrogens with one attached hydrogen (secondary N) is 1. The number of fused-ring (bicyclic) bond motifs is 1. The quantitative estimate of drug-likeness (QED) is 0.848. The van der Waals surface area contributed by atoms with Crippen LogP contribution in [0.2, 0.25) is 0 Å². The van der Waals surface area contributed by atoms with Crippen LogP contribution in [0.3, 0.4) is 0 Å². The van der Waals surface area contributed by atoms with Gasteiger partial charge >= 0.3 is 0 Å². The lowest BCUT2D eigenvalue weighted by atomic mass is 9.87. The van der Waals surface area contributed by atoms with Gasteiger partial charge < -0.3 is 5.32 Å². The summed E-state index contributed by atoms with van der Waals surface area (Å²) < 4.78 is 0. The van der Waals surface area contributed by atoms with Crippen molar-refractivity contribution < 1.29 is 0 Å². The third-order valence-corrected chi connectivity index (χ3v) is 4.62. The van der Waals surface area contributed by atoms with E-state index in [0.29, 0.717) is 11.5 Å². The second kappa shape index (κ2) is 4.97. The molecule has 1 aliphatic carbocycles. The summed E-state index contributed by atoms with van der Waals surface area (Å²) in [5.74, 6) is 0. The van der Waals surface area contributed by atoms with Gasteiger partial charge in [0.1, 0.15) is 0 Å². The first-order valence-electron chi connectivity index (χ1n) is 7.36. The maximum Gasteiger partial charge on any atom is 0.0208 e. The van der Waals surface area contributed by atoms with Gasteiger partial charge in [0.05, 0.1) is 0 Å². The van der Waals surface area contributed by atoms with Crippen LogP contribution in [-0.4, -0.2) is 6.04 Å². The van der Waals surface area contributed by atoms with Gasteiger partial charge in [-0.25, -0.2) is 0 Å². The van der Waals surface area contributed by atoms with E-state index in [9.17, 15) is 0 Å². The molecule has 1 nitrogen and oxygen atoms in total. The van der Waals surface area contributed by atoms with Crippen LogP contribution in [0.5, 0.6) is 0 Å². The van der Waals surface area contributed by atoms with Crippen molar-refractivity contribution in [2.24, 2.45) is 5.41 Å². The van der Waals surface area contributed by atoms with E-state index < -0.39 is 0 Å². The number of rotatable bonds is 3. The van der Waals surface area contributed by atoms with Crippen LogP contribution in [0.1, 0.15) is 38.7 Å². The van der Waals surface area contributed by atoms with Crippen LogP contribution in [-0.2, 0) is 6.54 Å². The molecule has 1 heteroatoms. The molecule has 3 rings (SSSR count). The molecule has 100 valence electrons. The Balaban J connectivity index is 1.72. The fourth-order valence-electron chi connectivity index (χ4n) is 3.29. The Bertz CT molecular complexity index is 571. The minimum atomic E-state index is 0.455. The van der Waals surface area contributed by atoms with Gasteiger partial charge in [0.25, 0.3) is 0 Å². The van der Waals surface area contributed by atoms with Gasteiger partial charge in [0, 0.05) is 12.6 Å². The highest BCUT2D eigenvalue weighted by atomic mass is 14.9. The molecule has 1 atom stereocenters. The van der Waals surface area contributed by atoms with Crippen molar-refractivity contribution in [1.82, 2.24) is 5.32 Å². The van der Waals surface area contributed by atoms with Gasteiger partial charge in [-0.15, -0.1) is 0 Å². The average Bonchev–Trinajstić information content (AvgIpc) is 2.75. The third-order valence-electron chi connectivity index (χ3n) is 4.62. The second-order valence-electron chi connectivity index (χ2n) is 6.50. The van der Waals surface area contributed by atoms with Crippen LogP contribution >= 0.6 is 0 Å². The number of hydrogen-bond donors (Lipinski definition) is 1. The zero-order valence-electron chi connectivity index (χ0n) is 11.9. The van der Waals surface area contributed by atoms with E-state index in [1.165, 1.54) is 35.6 Å². The van der Waals surface area contributed by atoms with Crippen LogP contribution in [0.25, 0.3) is 10.8 Å². The summed E-state index contributed by atoms with van der Waals surface area (Å²) in [6.45, 7) is 5.76. The van der Waals surface area contributed by atoms with Gasteiger partial charge in [-0.2, -0.15) is 0 Å². The molecule has 0 bridgehead atoms. The SMILES string of the molecule is CC1(C)CCCC1NCc1ccc2ccccc2c1. The molecule has 1 N–H and O–H groups in total. The lowest BCUT2D eigenvalue weighted by Gasteiger charge is -2.28. The van der Waals surface area contributed by atoms with Gasteiger partial charge in [-0.3, -0.25) is 0 Å². The molecule has 0 heterocycles. The second-order valence-corrected chi connectivity index (χ2v) is 6.50. The Morgan fingerprint density at radius 3 is 2.63 bits per heavy atom. The minimum Gasteiger partial charge on any atom is -0.309 e. The van der Waals surface area contributed by atoms with Crippen molar-refractivity contribution >= 4 is 10.8 Å². The molecule has 1 saturated carbocycles. The molecular formula is C18H23N. The smallest absolute Gasteiger partial charge is 0.0208 e. The topological polar surface area (TPSA) is 12.0 Å². The van der Waals surface area contributed by atoms with E-state index in [1.807, 2.05) is 0 Å². The molecule has 0 aliphatic heterocycles. The molecule has 2 aromatic carbocycles. The summed E-state index contributed by atoms with van der Waals surface area (Å²) in [5, 5.41) is 6.42. The van der Waals surface area contributed by atoms with E-state index >= 15 is 0 Å². The first-order chi connectivity index (χ1) is 9.15. The molecule has 0 saturated heterocycles. The highest BCUT2D eigenvalue weighted by molar-refractivity contribution is 5.82. The molecule has 0 aromatic heterocycles. The molecule has 1 unspecified atom stereocenters. The Hall–Kier alpha value is -1.34. The maximum absolute atomic E-state index is 3.75.